The van der Waals surface area contributed by atoms with Gasteiger partial charge in [0.05, 0.1) is 17.2 Å². The summed E-state index contributed by atoms with van der Waals surface area (Å²) in [5.74, 6) is 0. The molecule has 0 spiro atoms. The molecule has 0 unspecified atom stereocenters. The molecular formula is C17H16N2O3S. The van der Waals surface area contributed by atoms with Crippen LogP contribution in [0.4, 0.5) is 0 Å². The number of aromatic nitrogens is 1. The maximum absolute atomic E-state index is 12.4. The summed E-state index contributed by atoms with van der Waals surface area (Å²) in [7, 11) is -3.65. The van der Waals surface area contributed by atoms with E-state index in [0.717, 1.165) is 11.1 Å². The monoisotopic (exact) mass is 328 g/mol. The van der Waals surface area contributed by atoms with Crippen LogP contribution in [0.25, 0.3) is 11.3 Å². The van der Waals surface area contributed by atoms with Crippen LogP contribution in [-0.4, -0.2) is 18.2 Å². The highest BCUT2D eigenvalue weighted by Gasteiger charge is 2.15. The Kier molecular flexibility index (Phi) is 4.18. The number of hydrogen-bond donors (Lipinski definition) is 2. The van der Waals surface area contributed by atoms with Crippen LogP contribution >= 0.6 is 0 Å². The van der Waals surface area contributed by atoms with Crippen molar-refractivity contribution in [3.8, 4) is 11.3 Å². The number of nitrogens with one attached hydrogen (secondary N) is 1. The molecule has 0 saturated carbocycles. The van der Waals surface area contributed by atoms with Crippen molar-refractivity contribution in [1.82, 2.24) is 4.68 Å². The Morgan fingerprint density at radius 3 is 2.26 bits per heavy atom. The van der Waals surface area contributed by atoms with Crippen LogP contribution in [-0.2, 0) is 16.6 Å². The second-order valence-corrected chi connectivity index (χ2v) is 6.69. The van der Waals surface area contributed by atoms with E-state index >= 15 is 0 Å². The predicted molar refractivity (Wildman–Crippen MR) is 88.8 cm³/mol. The van der Waals surface area contributed by atoms with Gasteiger partial charge in [-0.25, -0.2) is 4.83 Å². The second kappa shape index (κ2) is 6.28. The van der Waals surface area contributed by atoms with Gasteiger partial charge in [0, 0.05) is 11.8 Å². The van der Waals surface area contributed by atoms with E-state index in [-0.39, 0.29) is 11.5 Å². The Bertz CT molecular complexity index is 885. The van der Waals surface area contributed by atoms with Gasteiger partial charge in [-0.1, -0.05) is 42.5 Å². The van der Waals surface area contributed by atoms with Crippen molar-refractivity contribution < 1.29 is 13.5 Å². The van der Waals surface area contributed by atoms with E-state index in [1.165, 1.54) is 4.68 Å². The molecule has 3 rings (SSSR count). The largest absolute Gasteiger partial charge is 0.392 e. The lowest BCUT2D eigenvalue weighted by Gasteiger charge is -2.13. The zero-order valence-electron chi connectivity index (χ0n) is 12.3. The molecule has 2 N–H and O–H groups in total. The van der Waals surface area contributed by atoms with E-state index in [4.69, 9.17) is 5.11 Å². The molecular weight excluding hydrogens is 312 g/mol. The Morgan fingerprint density at radius 1 is 0.913 bits per heavy atom. The minimum absolute atomic E-state index is 0.0259. The van der Waals surface area contributed by atoms with E-state index in [2.05, 4.69) is 4.83 Å². The summed E-state index contributed by atoms with van der Waals surface area (Å²) in [6.07, 6.45) is 1.65. The molecule has 0 radical (unpaired) electrons. The van der Waals surface area contributed by atoms with Crippen molar-refractivity contribution in [2.75, 3.05) is 4.83 Å². The van der Waals surface area contributed by atoms with Gasteiger partial charge in [-0.05, 0) is 29.8 Å². The minimum Gasteiger partial charge on any atom is -0.392 e. The second-order valence-electron chi connectivity index (χ2n) is 5.03. The Hall–Kier alpha value is -2.57. The lowest BCUT2D eigenvalue weighted by atomic mass is 10.1. The highest BCUT2D eigenvalue weighted by atomic mass is 32.2. The van der Waals surface area contributed by atoms with E-state index in [0.29, 0.717) is 5.69 Å². The quantitative estimate of drug-likeness (QED) is 0.756. The van der Waals surface area contributed by atoms with Crippen LogP contribution < -0.4 is 4.83 Å². The normalized spacial score (nSPS) is 11.3. The molecule has 1 heterocycles. The first-order valence-corrected chi connectivity index (χ1v) is 8.54. The van der Waals surface area contributed by atoms with Crippen LogP contribution in [0.15, 0.2) is 77.8 Å². The molecule has 2 aromatic carbocycles. The average molecular weight is 328 g/mol. The lowest BCUT2D eigenvalue weighted by Crippen LogP contribution is -2.23. The van der Waals surface area contributed by atoms with Crippen molar-refractivity contribution >= 4 is 10.0 Å². The molecule has 0 aliphatic rings. The Balaban J connectivity index is 1.92. The zero-order valence-corrected chi connectivity index (χ0v) is 13.1. The third-order valence-corrected chi connectivity index (χ3v) is 4.78. The summed E-state index contributed by atoms with van der Waals surface area (Å²) in [6, 6.07) is 19.1. The average Bonchev–Trinajstić information content (AvgIpc) is 3.03. The van der Waals surface area contributed by atoms with Gasteiger partial charge in [-0.15, -0.1) is 0 Å². The molecule has 0 amide bonds. The van der Waals surface area contributed by atoms with E-state index in [9.17, 15) is 8.42 Å². The predicted octanol–water partition coefficient (Wildman–Crippen LogP) is 2.58. The summed E-state index contributed by atoms with van der Waals surface area (Å²) in [5, 5.41) is 9.10. The number of rotatable bonds is 5. The van der Waals surface area contributed by atoms with E-state index in [1.807, 2.05) is 18.2 Å². The molecule has 1 aromatic heterocycles. The van der Waals surface area contributed by atoms with Crippen LogP contribution in [0.5, 0.6) is 0 Å². The number of hydrogen-bond acceptors (Lipinski definition) is 3. The molecule has 5 nitrogen and oxygen atoms in total. The summed E-state index contributed by atoms with van der Waals surface area (Å²) in [5.41, 5.74) is 2.37. The first-order chi connectivity index (χ1) is 11.1. The number of nitrogens with zero attached hydrogens (tertiary/aromatic N) is 1. The van der Waals surface area contributed by atoms with Crippen LogP contribution in [0, 0.1) is 0 Å². The van der Waals surface area contributed by atoms with Crippen molar-refractivity contribution in [2.45, 2.75) is 11.5 Å². The summed E-state index contributed by atoms with van der Waals surface area (Å²) >= 11 is 0. The van der Waals surface area contributed by atoms with E-state index in [1.54, 1.807) is 54.7 Å². The van der Waals surface area contributed by atoms with Gasteiger partial charge >= 0.3 is 0 Å². The van der Waals surface area contributed by atoms with Gasteiger partial charge < -0.3 is 5.11 Å². The smallest absolute Gasteiger partial charge is 0.275 e. The summed E-state index contributed by atoms with van der Waals surface area (Å²) in [6.45, 7) is -0.0259. The number of aliphatic hydroxyl groups excluding tert-OH is 1. The van der Waals surface area contributed by atoms with Crippen molar-refractivity contribution in [3.63, 3.8) is 0 Å². The highest BCUT2D eigenvalue weighted by molar-refractivity contribution is 7.92. The van der Waals surface area contributed by atoms with Gasteiger partial charge in [-0.3, -0.25) is 4.68 Å². The topological polar surface area (TPSA) is 71.3 Å². The molecule has 23 heavy (non-hydrogen) atoms. The zero-order chi connectivity index (χ0) is 16.3. The number of aliphatic hydroxyl groups is 1. The highest BCUT2D eigenvalue weighted by Crippen LogP contribution is 2.21. The third kappa shape index (κ3) is 3.28. The molecule has 3 aromatic rings. The van der Waals surface area contributed by atoms with Gasteiger partial charge in [-0.2, -0.15) is 8.42 Å². The third-order valence-electron chi connectivity index (χ3n) is 3.45. The van der Waals surface area contributed by atoms with Gasteiger partial charge in [0.2, 0.25) is 0 Å². The van der Waals surface area contributed by atoms with Crippen molar-refractivity contribution in [1.29, 1.82) is 0 Å². The molecule has 0 atom stereocenters. The van der Waals surface area contributed by atoms with Gasteiger partial charge in [0.25, 0.3) is 10.0 Å². The molecule has 6 heteroatoms. The van der Waals surface area contributed by atoms with Crippen LogP contribution in [0.2, 0.25) is 0 Å². The fourth-order valence-corrected chi connectivity index (χ4v) is 3.30. The summed E-state index contributed by atoms with van der Waals surface area (Å²) < 4.78 is 26.3. The maximum atomic E-state index is 12.4. The molecule has 0 aliphatic heterocycles. The molecule has 118 valence electrons. The van der Waals surface area contributed by atoms with Crippen molar-refractivity contribution in [2.24, 2.45) is 0 Å². The molecule has 0 fully saturated rings. The maximum Gasteiger partial charge on any atom is 0.275 e. The fraction of sp³-hybridized carbons (Fsp3) is 0.0588. The summed E-state index contributed by atoms with van der Waals surface area (Å²) in [4.78, 5) is 2.75. The fourth-order valence-electron chi connectivity index (χ4n) is 2.26. The van der Waals surface area contributed by atoms with Crippen molar-refractivity contribution in [3.05, 3.63) is 78.5 Å². The van der Waals surface area contributed by atoms with Gasteiger partial charge in [0.1, 0.15) is 0 Å². The minimum atomic E-state index is -3.65. The Morgan fingerprint density at radius 2 is 1.61 bits per heavy atom. The Labute approximate surface area is 134 Å². The first kappa shape index (κ1) is 15.3. The van der Waals surface area contributed by atoms with Crippen LogP contribution in [0.1, 0.15) is 5.56 Å². The number of sulfonamides is 1. The van der Waals surface area contributed by atoms with Gasteiger partial charge in [0.15, 0.2) is 0 Å². The van der Waals surface area contributed by atoms with Crippen LogP contribution in [0.3, 0.4) is 0 Å². The standard InChI is InChI=1S/C17H16N2O3S/c20-13-14-8-10-15(11-9-14)17-7-4-12-19(17)18-23(21,22)16-5-2-1-3-6-16/h1-12,18,20H,13H2. The number of benzene rings is 2. The molecule has 0 saturated heterocycles. The molecule has 0 aliphatic carbocycles. The molecule has 0 bridgehead atoms. The SMILES string of the molecule is O=S(=O)(Nn1cccc1-c1ccc(CO)cc1)c1ccccc1. The first-order valence-electron chi connectivity index (χ1n) is 7.05. The van der Waals surface area contributed by atoms with E-state index < -0.39 is 10.0 Å². The lowest BCUT2D eigenvalue weighted by molar-refractivity contribution is 0.282.